The van der Waals surface area contributed by atoms with E-state index in [9.17, 15) is 0 Å². The molecule has 1 aromatic rings. The summed E-state index contributed by atoms with van der Waals surface area (Å²) in [6.45, 7) is 4.51. The molecule has 62 valence electrons. The molecule has 0 aliphatic rings. The zero-order chi connectivity index (χ0) is 8.10. The van der Waals surface area contributed by atoms with Gasteiger partial charge in [-0.05, 0) is 5.92 Å². The summed E-state index contributed by atoms with van der Waals surface area (Å²) in [6.07, 6.45) is 3.13. The molecule has 0 radical (unpaired) electrons. The van der Waals surface area contributed by atoms with Crippen molar-refractivity contribution in [1.29, 1.82) is 0 Å². The molecule has 1 rings (SSSR count). The lowest BCUT2D eigenvalue weighted by Crippen LogP contribution is -1.94. The van der Waals surface area contributed by atoms with Gasteiger partial charge in [-0.3, -0.25) is 0 Å². The Bertz CT molecular complexity index is 184. The van der Waals surface area contributed by atoms with Crippen molar-refractivity contribution in [3.05, 3.63) is 11.6 Å². The fourth-order valence-corrected chi connectivity index (χ4v) is 2.41. The Hall–Kier alpha value is -0.0200. The smallest absolute Gasteiger partial charge is 0.149 e. The van der Waals surface area contributed by atoms with Gasteiger partial charge in [-0.25, -0.2) is 4.98 Å². The molecule has 0 unspecified atom stereocenters. The summed E-state index contributed by atoms with van der Waals surface area (Å²) in [5, 5.41) is 2.03. The van der Waals surface area contributed by atoms with Gasteiger partial charge in [-0.1, -0.05) is 32.0 Å². The molecule has 1 nitrogen and oxygen atoms in total. The average Bonchev–Trinajstić information content (AvgIpc) is 2.52. The summed E-state index contributed by atoms with van der Waals surface area (Å²) in [5.41, 5.74) is 0. The van der Waals surface area contributed by atoms with Crippen LogP contribution in [0.25, 0.3) is 0 Å². The van der Waals surface area contributed by atoms with E-state index >= 15 is 0 Å². The number of hydrogen-bond acceptors (Lipinski definition) is 3. The van der Waals surface area contributed by atoms with Gasteiger partial charge in [0.2, 0.25) is 0 Å². The van der Waals surface area contributed by atoms with Crippen LogP contribution in [-0.2, 0) is 0 Å². The van der Waals surface area contributed by atoms with Crippen molar-refractivity contribution in [1.82, 2.24) is 4.98 Å². The van der Waals surface area contributed by atoms with E-state index in [4.69, 9.17) is 0 Å². The van der Waals surface area contributed by atoms with Crippen LogP contribution in [0, 0.1) is 5.92 Å². The SMILES string of the molecule is CC[C@H](C)CSc1nccs1. The zero-order valence-corrected chi connectivity index (χ0v) is 8.54. The molecule has 1 heterocycles. The molecule has 11 heavy (non-hydrogen) atoms. The van der Waals surface area contributed by atoms with Crippen LogP contribution in [0.4, 0.5) is 0 Å². The van der Waals surface area contributed by atoms with Crippen molar-refractivity contribution in [2.24, 2.45) is 5.92 Å². The molecule has 0 fully saturated rings. The Morgan fingerprint density at radius 3 is 3.09 bits per heavy atom. The monoisotopic (exact) mass is 187 g/mol. The lowest BCUT2D eigenvalue weighted by Gasteiger charge is -2.04. The minimum atomic E-state index is 0.809. The number of aromatic nitrogens is 1. The average molecular weight is 187 g/mol. The van der Waals surface area contributed by atoms with Gasteiger partial charge in [0.1, 0.15) is 4.34 Å². The minimum absolute atomic E-state index is 0.809. The first kappa shape index (κ1) is 9.07. The van der Waals surface area contributed by atoms with Gasteiger partial charge in [0.05, 0.1) is 0 Å². The molecule has 1 aromatic heterocycles. The third kappa shape index (κ3) is 3.25. The fraction of sp³-hybridized carbons (Fsp3) is 0.625. The number of rotatable bonds is 4. The maximum Gasteiger partial charge on any atom is 0.149 e. The molecule has 0 spiro atoms. The maximum absolute atomic E-state index is 4.20. The van der Waals surface area contributed by atoms with Crippen LogP contribution < -0.4 is 0 Å². The van der Waals surface area contributed by atoms with E-state index in [-0.39, 0.29) is 0 Å². The first-order valence-corrected chi connectivity index (χ1v) is 5.71. The first-order valence-electron chi connectivity index (χ1n) is 3.85. The Kier molecular flexibility index (Phi) is 3.94. The second kappa shape index (κ2) is 4.78. The van der Waals surface area contributed by atoms with Gasteiger partial charge in [0, 0.05) is 17.3 Å². The van der Waals surface area contributed by atoms with Crippen molar-refractivity contribution in [3.8, 4) is 0 Å². The highest BCUT2D eigenvalue weighted by Gasteiger charge is 2.01. The van der Waals surface area contributed by atoms with Crippen LogP contribution >= 0.6 is 23.1 Å². The van der Waals surface area contributed by atoms with Gasteiger partial charge in [-0.2, -0.15) is 0 Å². The quantitative estimate of drug-likeness (QED) is 0.671. The molecular formula is C8H13NS2. The van der Waals surface area contributed by atoms with E-state index in [2.05, 4.69) is 18.8 Å². The van der Waals surface area contributed by atoms with Crippen molar-refractivity contribution in [3.63, 3.8) is 0 Å². The zero-order valence-electron chi connectivity index (χ0n) is 6.91. The Morgan fingerprint density at radius 2 is 2.55 bits per heavy atom. The summed E-state index contributed by atoms with van der Waals surface area (Å²) in [5.74, 6) is 2.01. The van der Waals surface area contributed by atoms with Crippen molar-refractivity contribution in [2.45, 2.75) is 24.6 Å². The van der Waals surface area contributed by atoms with Crippen LogP contribution in [0.5, 0.6) is 0 Å². The second-order valence-electron chi connectivity index (χ2n) is 2.62. The van der Waals surface area contributed by atoms with Gasteiger partial charge in [0.15, 0.2) is 0 Å². The van der Waals surface area contributed by atoms with E-state index in [0.29, 0.717) is 0 Å². The Balaban J connectivity index is 2.23. The molecular weight excluding hydrogens is 174 g/mol. The van der Waals surface area contributed by atoms with Gasteiger partial charge in [0.25, 0.3) is 0 Å². The molecule has 3 heteroatoms. The van der Waals surface area contributed by atoms with E-state index in [1.807, 2.05) is 23.3 Å². The Labute approximate surface area is 76.2 Å². The van der Waals surface area contributed by atoms with Gasteiger partial charge < -0.3 is 0 Å². The molecule has 0 amide bonds. The topological polar surface area (TPSA) is 12.9 Å². The Morgan fingerprint density at radius 1 is 1.73 bits per heavy atom. The predicted molar refractivity (Wildman–Crippen MR) is 52.3 cm³/mol. The highest BCUT2D eigenvalue weighted by molar-refractivity contribution is 8.01. The molecule has 0 N–H and O–H groups in total. The first-order chi connectivity index (χ1) is 5.33. The molecule has 0 aliphatic carbocycles. The number of hydrogen-bond donors (Lipinski definition) is 0. The van der Waals surface area contributed by atoms with Crippen LogP contribution in [-0.4, -0.2) is 10.7 Å². The normalized spacial score (nSPS) is 13.3. The number of thioether (sulfide) groups is 1. The highest BCUT2D eigenvalue weighted by Crippen LogP contribution is 2.23. The van der Waals surface area contributed by atoms with Gasteiger partial charge >= 0.3 is 0 Å². The number of nitrogens with zero attached hydrogens (tertiary/aromatic N) is 1. The second-order valence-corrected chi connectivity index (χ2v) is 4.78. The van der Waals surface area contributed by atoms with Crippen LogP contribution in [0.2, 0.25) is 0 Å². The largest absolute Gasteiger partial charge is 0.238 e. The summed E-state index contributed by atoms with van der Waals surface area (Å²) in [6, 6.07) is 0. The van der Waals surface area contributed by atoms with Crippen LogP contribution in [0.15, 0.2) is 15.9 Å². The van der Waals surface area contributed by atoms with Crippen molar-refractivity contribution >= 4 is 23.1 Å². The summed E-state index contributed by atoms with van der Waals surface area (Å²) in [7, 11) is 0. The third-order valence-electron chi connectivity index (χ3n) is 1.60. The fourth-order valence-electron chi connectivity index (χ4n) is 0.613. The molecule has 0 saturated heterocycles. The van der Waals surface area contributed by atoms with Crippen molar-refractivity contribution < 1.29 is 0 Å². The van der Waals surface area contributed by atoms with E-state index in [1.165, 1.54) is 16.5 Å². The maximum atomic E-state index is 4.20. The molecule has 0 bridgehead atoms. The molecule has 0 aliphatic heterocycles. The molecule has 0 saturated carbocycles. The third-order valence-corrected chi connectivity index (χ3v) is 3.89. The van der Waals surface area contributed by atoms with E-state index < -0.39 is 0 Å². The minimum Gasteiger partial charge on any atom is -0.238 e. The summed E-state index contributed by atoms with van der Waals surface area (Å²) >= 11 is 3.59. The summed E-state index contributed by atoms with van der Waals surface area (Å²) in [4.78, 5) is 4.20. The predicted octanol–water partition coefficient (Wildman–Crippen LogP) is 3.28. The van der Waals surface area contributed by atoms with Crippen molar-refractivity contribution in [2.75, 3.05) is 5.75 Å². The van der Waals surface area contributed by atoms with E-state index in [1.54, 1.807) is 11.3 Å². The van der Waals surface area contributed by atoms with E-state index in [0.717, 1.165) is 5.92 Å². The standard InChI is InChI=1S/C8H13NS2/c1-3-7(2)6-11-8-9-4-5-10-8/h4-5,7H,3,6H2,1-2H3/t7-/m0/s1. The summed E-state index contributed by atoms with van der Waals surface area (Å²) < 4.78 is 1.20. The van der Waals surface area contributed by atoms with Crippen LogP contribution in [0.3, 0.4) is 0 Å². The van der Waals surface area contributed by atoms with Gasteiger partial charge in [-0.15, -0.1) is 11.3 Å². The van der Waals surface area contributed by atoms with Crippen LogP contribution in [0.1, 0.15) is 20.3 Å². The molecule has 0 aromatic carbocycles. The lowest BCUT2D eigenvalue weighted by molar-refractivity contribution is 0.637. The lowest BCUT2D eigenvalue weighted by atomic mass is 10.2. The highest BCUT2D eigenvalue weighted by atomic mass is 32.2. The number of thiazole rings is 1. The molecule has 1 atom stereocenters.